The van der Waals surface area contributed by atoms with Crippen LogP contribution >= 0.6 is 0 Å². The minimum absolute atomic E-state index is 0.142. The molecule has 1 aromatic heterocycles. The van der Waals surface area contributed by atoms with E-state index in [0.717, 1.165) is 37.4 Å². The van der Waals surface area contributed by atoms with Crippen molar-refractivity contribution in [2.24, 2.45) is 0 Å². The number of carboxylic acid groups (broad SMARTS) is 1. The van der Waals surface area contributed by atoms with Gasteiger partial charge in [0.15, 0.2) is 0 Å². The number of carbonyl (C=O) groups is 1. The maximum atomic E-state index is 11.1. The van der Waals surface area contributed by atoms with Crippen LogP contribution in [0.1, 0.15) is 29.9 Å². The van der Waals surface area contributed by atoms with E-state index in [9.17, 15) is 4.79 Å². The van der Waals surface area contributed by atoms with E-state index in [1.54, 1.807) is 6.20 Å². The molecule has 6 nitrogen and oxygen atoms in total. The van der Waals surface area contributed by atoms with Gasteiger partial charge in [-0.05, 0) is 35.7 Å². The second-order valence-electron chi connectivity index (χ2n) is 7.68. The van der Waals surface area contributed by atoms with Crippen LogP contribution in [0.4, 0.5) is 5.69 Å². The van der Waals surface area contributed by atoms with Crippen LogP contribution in [0.2, 0.25) is 0 Å². The number of aliphatic carboxylic acids is 1. The molecule has 0 spiro atoms. The van der Waals surface area contributed by atoms with E-state index < -0.39 is 5.97 Å². The normalized spacial score (nSPS) is 15.2. The van der Waals surface area contributed by atoms with Crippen molar-refractivity contribution in [1.29, 1.82) is 0 Å². The largest absolute Gasteiger partial charge is 0.493 e. The zero-order valence-electron chi connectivity index (χ0n) is 17.0. The van der Waals surface area contributed by atoms with Crippen molar-refractivity contribution >= 4 is 11.7 Å². The van der Waals surface area contributed by atoms with E-state index in [-0.39, 0.29) is 6.42 Å². The Balaban J connectivity index is 1.44. The van der Waals surface area contributed by atoms with E-state index in [2.05, 4.69) is 38.7 Å². The van der Waals surface area contributed by atoms with E-state index in [0.29, 0.717) is 19.1 Å². The standard InChI is InChI=1S/C24H27N3O3/c28-24(29)9-13-27-17-20(8-12-26-14-11-25-18-26)22-16-21(6-7-23(22)27)30-15-10-19-4-2-1-3-5-19/h1-7,11,14,16,18,20H,8-10,12-13,15,17H2,(H,28,29). The first-order chi connectivity index (χ1) is 14.7. The number of hydrogen-bond acceptors (Lipinski definition) is 4. The van der Waals surface area contributed by atoms with Crippen LogP contribution in [0.3, 0.4) is 0 Å². The maximum Gasteiger partial charge on any atom is 0.305 e. The average Bonchev–Trinajstić information content (AvgIpc) is 3.39. The van der Waals surface area contributed by atoms with Gasteiger partial charge in [-0.3, -0.25) is 4.79 Å². The molecule has 1 aliphatic rings. The van der Waals surface area contributed by atoms with Gasteiger partial charge >= 0.3 is 5.97 Å². The number of hydrogen-bond donors (Lipinski definition) is 1. The third kappa shape index (κ3) is 5.00. The van der Waals surface area contributed by atoms with Gasteiger partial charge in [-0.15, -0.1) is 0 Å². The Labute approximate surface area is 176 Å². The number of benzene rings is 2. The van der Waals surface area contributed by atoms with Crippen LogP contribution in [-0.2, 0) is 17.8 Å². The fraction of sp³-hybridized carbons (Fsp3) is 0.333. The zero-order chi connectivity index (χ0) is 20.8. The second kappa shape index (κ2) is 9.48. The number of aryl methyl sites for hydroxylation is 1. The van der Waals surface area contributed by atoms with Crippen molar-refractivity contribution < 1.29 is 14.6 Å². The Bertz CT molecular complexity index is 957. The Morgan fingerprint density at radius 3 is 2.80 bits per heavy atom. The first-order valence-corrected chi connectivity index (χ1v) is 10.4. The van der Waals surface area contributed by atoms with Crippen molar-refractivity contribution in [1.82, 2.24) is 9.55 Å². The van der Waals surface area contributed by atoms with Gasteiger partial charge in [0.05, 0.1) is 19.4 Å². The molecule has 1 N–H and O–H groups in total. The molecule has 2 aromatic carbocycles. The third-order valence-electron chi connectivity index (χ3n) is 5.61. The monoisotopic (exact) mass is 405 g/mol. The van der Waals surface area contributed by atoms with Gasteiger partial charge < -0.3 is 19.3 Å². The number of nitrogens with zero attached hydrogens (tertiary/aromatic N) is 3. The van der Waals surface area contributed by atoms with Crippen molar-refractivity contribution in [3.8, 4) is 5.75 Å². The highest BCUT2D eigenvalue weighted by molar-refractivity contribution is 5.69. The lowest BCUT2D eigenvalue weighted by Gasteiger charge is -2.19. The summed E-state index contributed by atoms with van der Waals surface area (Å²) in [5, 5.41) is 9.09. The number of fused-ring (bicyclic) bond motifs is 1. The second-order valence-corrected chi connectivity index (χ2v) is 7.68. The van der Waals surface area contributed by atoms with Gasteiger partial charge in [0.2, 0.25) is 0 Å². The highest BCUT2D eigenvalue weighted by Crippen LogP contribution is 2.40. The molecule has 1 atom stereocenters. The summed E-state index contributed by atoms with van der Waals surface area (Å²) in [6, 6.07) is 16.5. The highest BCUT2D eigenvalue weighted by Gasteiger charge is 2.29. The fourth-order valence-electron chi connectivity index (χ4n) is 4.04. The van der Waals surface area contributed by atoms with Crippen LogP contribution in [0.15, 0.2) is 67.3 Å². The van der Waals surface area contributed by atoms with Gasteiger partial charge in [0.1, 0.15) is 5.75 Å². The molecule has 156 valence electrons. The predicted octanol–water partition coefficient (Wildman–Crippen LogP) is 3.97. The summed E-state index contributed by atoms with van der Waals surface area (Å²) in [4.78, 5) is 17.4. The van der Waals surface area contributed by atoms with Crippen molar-refractivity contribution in [3.63, 3.8) is 0 Å². The van der Waals surface area contributed by atoms with Crippen LogP contribution in [0, 0.1) is 0 Å². The number of anilines is 1. The summed E-state index contributed by atoms with van der Waals surface area (Å²) in [5.74, 6) is 0.450. The summed E-state index contributed by atoms with van der Waals surface area (Å²) in [6.07, 6.45) is 7.58. The lowest BCUT2D eigenvalue weighted by molar-refractivity contribution is -0.136. The minimum atomic E-state index is -0.765. The molecule has 0 amide bonds. The molecule has 0 saturated heterocycles. The SMILES string of the molecule is O=C(O)CCN1CC(CCn2ccnc2)c2cc(OCCc3ccccc3)ccc21. The number of aromatic nitrogens is 2. The molecule has 6 heteroatoms. The number of imidazole rings is 1. The molecule has 4 rings (SSSR count). The Morgan fingerprint density at radius 2 is 2.03 bits per heavy atom. The summed E-state index contributed by atoms with van der Waals surface area (Å²) in [7, 11) is 0. The molecule has 2 heterocycles. The molecule has 1 aliphatic heterocycles. The van der Waals surface area contributed by atoms with Gasteiger partial charge in [-0.25, -0.2) is 4.98 Å². The molecule has 0 saturated carbocycles. The summed E-state index contributed by atoms with van der Waals surface area (Å²) >= 11 is 0. The smallest absolute Gasteiger partial charge is 0.305 e. The molecule has 0 fully saturated rings. The Hall–Kier alpha value is -3.28. The molecule has 30 heavy (non-hydrogen) atoms. The fourth-order valence-corrected chi connectivity index (χ4v) is 4.04. The number of rotatable bonds is 10. The molecule has 3 aromatic rings. The Kier molecular flexibility index (Phi) is 6.32. The summed E-state index contributed by atoms with van der Waals surface area (Å²) < 4.78 is 8.12. The van der Waals surface area contributed by atoms with Crippen LogP contribution in [-0.4, -0.2) is 40.3 Å². The van der Waals surface area contributed by atoms with Crippen LogP contribution in [0.25, 0.3) is 0 Å². The Morgan fingerprint density at radius 1 is 1.17 bits per heavy atom. The zero-order valence-corrected chi connectivity index (χ0v) is 17.0. The van der Waals surface area contributed by atoms with E-state index in [1.165, 1.54) is 11.1 Å². The molecule has 0 radical (unpaired) electrons. The van der Waals surface area contributed by atoms with Crippen molar-refractivity contribution in [2.75, 3.05) is 24.6 Å². The summed E-state index contributed by atoms with van der Waals surface area (Å²) in [6.45, 7) is 2.88. The van der Waals surface area contributed by atoms with Gasteiger partial charge in [0, 0.05) is 50.1 Å². The predicted molar refractivity (Wildman–Crippen MR) is 116 cm³/mol. The molecule has 0 aliphatic carbocycles. The first-order valence-electron chi connectivity index (χ1n) is 10.4. The van der Waals surface area contributed by atoms with Gasteiger partial charge in [-0.1, -0.05) is 30.3 Å². The quantitative estimate of drug-likeness (QED) is 0.553. The lowest BCUT2D eigenvalue weighted by atomic mass is 9.97. The van der Waals surface area contributed by atoms with Gasteiger partial charge in [0.25, 0.3) is 0 Å². The average molecular weight is 405 g/mol. The van der Waals surface area contributed by atoms with Crippen molar-refractivity contribution in [2.45, 2.75) is 31.7 Å². The third-order valence-corrected chi connectivity index (χ3v) is 5.61. The minimum Gasteiger partial charge on any atom is -0.493 e. The topological polar surface area (TPSA) is 67.6 Å². The molecule has 1 unspecified atom stereocenters. The summed E-state index contributed by atoms with van der Waals surface area (Å²) in [5.41, 5.74) is 3.64. The first kappa shape index (κ1) is 20.0. The van der Waals surface area contributed by atoms with Gasteiger partial charge in [-0.2, -0.15) is 0 Å². The number of carboxylic acids is 1. The molecular formula is C24H27N3O3. The lowest BCUT2D eigenvalue weighted by Crippen LogP contribution is -2.25. The van der Waals surface area contributed by atoms with E-state index in [4.69, 9.17) is 9.84 Å². The van der Waals surface area contributed by atoms with Crippen LogP contribution in [0.5, 0.6) is 5.75 Å². The van der Waals surface area contributed by atoms with E-state index >= 15 is 0 Å². The van der Waals surface area contributed by atoms with Crippen LogP contribution < -0.4 is 9.64 Å². The molecular weight excluding hydrogens is 378 g/mol. The maximum absolute atomic E-state index is 11.1. The highest BCUT2D eigenvalue weighted by atomic mass is 16.5. The van der Waals surface area contributed by atoms with E-state index in [1.807, 2.05) is 36.8 Å². The number of ether oxygens (including phenoxy) is 1. The molecule has 0 bridgehead atoms. The van der Waals surface area contributed by atoms with Crippen molar-refractivity contribution in [3.05, 3.63) is 78.4 Å².